The zero-order valence-electron chi connectivity index (χ0n) is 12.7. The Bertz CT molecular complexity index is 840. The van der Waals surface area contributed by atoms with Crippen LogP contribution in [-0.2, 0) is 13.2 Å². The molecule has 0 aliphatic heterocycles. The summed E-state index contributed by atoms with van der Waals surface area (Å²) in [6.45, 7) is -0.351. The number of halogens is 3. The van der Waals surface area contributed by atoms with Crippen molar-refractivity contribution < 1.29 is 18.6 Å². The monoisotopic (exact) mass is 367 g/mol. The van der Waals surface area contributed by atoms with Crippen LogP contribution in [0.15, 0.2) is 36.4 Å². The van der Waals surface area contributed by atoms with Crippen molar-refractivity contribution in [3.05, 3.63) is 58.5 Å². The molecule has 0 spiro atoms. The predicted octanol–water partition coefficient (Wildman–Crippen LogP) is 2.72. The fourth-order valence-electron chi connectivity index (χ4n) is 2.09. The zero-order chi connectivity index (χ0) is 17.8. The molecule has 7 nitrogen and oxygen atoms in total. The molecule has 0 saturated heterocycles. The maximum Gasteiger partial charge on any atom is 0.263 e. The molecule has 25 heavy (non-hydrogen) atoms. The highest BCUT2D eigenvalue weighted by atomic mass is 35.5. The summed E-state index contributed by atoms with van der Waals surface area (Å²) in [6, 6.07) is 8.64. The molecule has 2 aromatic heterocycles. The fraction of sp³-hybridized carbons (Fsp3) is 0.200. The summed E-state index contributed by atoms with van der Waals surface area (Å²) < 4.78 is 32.2. The van der Waals surface area contributed by atoms with E-state index in [2.05, 4.69) is 20.5 Å². The Morgan fingerprint density at radius 3 is 2.44 bits per heavy atom. The SMILES string of the molecule is OCc1nnn(-c2ccc(C(F)F)cc2)c1COc1ccc(Cl)nn1. The summed E-state index contributed by atoms with van der Waals surface area (Å²) in [7, 11) is 0. The molecular formula is C15H12ClF2N5O2. The zero-order valence-corrected chi connectivity index (χ0v) is 13.4. The summed E-state index contributed by atoms with van der Waals surface area (Å²) in [5.41, 5.74) is 1.18. The van der Waals surface area contributed by atoms with E-state index in [9.17, 15) is 13.9 Å². The molecule has 3 aromatic rings. The van der Waals surface area contributed by atoms with E-state index in [1.54, 1.807) is 6.07 Å². The van der Waals surface area contributed by atoms with Gasteiger partial charge in [-0.25, -0.2) is 13.5 Å². The van der Waals surface area contributed by atoms with Gasteiger partial charge in [0.05, 0.1) is 12.3 Å². The van der Waals surface area contributed by atoms with Crippen molar-refractivity contribution in [1.82, 2.24) is 25.2 Å². The van der Waals surface area contributed by atoms with E-state index in [0.29, 0.717) is 17.1 Å². The van der Waals surface area contributed by atoms with Gasteiger partial charge in [0.1, 0.15) is 18.0 Å². The molecule has 1 aromatic carbocycles. The third kappa shape index (κ3) is 3.89. The fourth-order valence-corrected chi connectivity index (χ4v) is 2.19. The van der Waals surface area contributed by atoms with E-state index < -0.39 is 6.43 Å². The first-order valence-electron chi connectivity index (χ1n) is 7.13. The second-order valence-electron chi connectivity index (χ2n) is 4.93. The quantitative estimate of drug-likeness (QED) is 0.721. The van der Waals surface area contributed by atoms with Crippen molar-refractivity contribution in [2.45, 2.75) is 19.6 Å². The molecule has 0 aliphatic rings. The summed E-state index contributed by atoms with van der Waals surface area (Å²) >= 11 is 5.66. The van der Waals surface area contributed by atoms with Gasteiger partial charge in [0.15, 0.2) is 5.15 Å². The molecule has 0 amide bonds. The van der Waals surface area contributed by atoms with E-state index >= 15 is 0 Å². The first kappa shape index (κ1) is 17.2. The van der Waals surface area contributed by atoms with Crippen LogP contribution < -0.4 is 4.74 Å². The van der Waals surface area contributed by atoms with E-state index in [4.69, 9.17) is 16.3 Å². The van der Waals surface area contributed by atoms with Gasteiger partial charge in [-0.3, -0.25) is 0 Å². The van der Waals surface area contributed by atoms with E-state index in [-0.39, 0.29) is 29.8 Å². The first-order valence-corrected chi connectivity index (χ1v) is 7.51. The van der Waals surface area contributed by atoms with E-state index in [1.165, 1.54) is 35.0 Å². The maximum absolute atomic E-state index is 12.7. The van der Waals surface area contributed by atoms with Gasteiger partial charge in [-0.1, -0.05) is 28.9 Å². The molecule has 0 fully saturated rings. The van der Waals surface area contributed by atoms with Crippen molar-refractivity contribution in [3.63, 3.8) is 0 Å². The Kier molecular flexibility index (Phi) is 5.15. The molecule has 10 heteroatoms. The number of nitrogens with zero attached hydrogens (tertiary/aromatic N) is 5. The van der Waals surface area contributed by atoms with Crippen LogP contribution >= 0.6 is 11.6 Å². The topological polar surface area (TPSA) is 86.0 Å². The van der Waals surface area contributed by atoms with Crippen LogP contribution in [0.1, 0.15) is 23.4 Å². The van der Waals surface area contributed by atoms with Crippen LogP contribution in [0.5, 0.6) is 5.88 Å². The summed E-state index contributed by atoms with van der Waals surface area (Å²) in [4.78, 5) is 0. The average Bonchev–Trinajstić information content (AvgIpc) is 3.04. The number of aliphatic hydroxyl groups excluding tert-OH is 1. The molecule has 0 atom stereocenters. The molecule has 0 radical (unpaired) electrons. The Labute approximate surface area is 145 Å². The van der Waals surface area contributed by atoms with Gasteiger partial charge in [0.2, 0.25) is 5.88 Å². The number of hydrogen-bond acceptors (Lipinski definition) is 6. The van der Waals surface area contributed by atoms with Gasteiger partial charge < -0.3 is 9.84 Å². The molecule has 0 aliphatic carbocycles. The first-order chi connectivity index (χ1) is 12.1. The second kappa shape index (κ2) is 7.49. The van der Waals surface area contributed by atoms with Crippen molar-refractivity contribution in [2.75, 3.05) is 0 Å². The van der Waals surface area contributed by atoms with Gasteiger partial charge in [0.25, 0.3) is 6.43 Å². The largest absolute Gasteiger partial charge is 0.470 e. The summed E-state index contributed by atoms with van der Waals surface area (Å²) in [5, 5.41) is 24.9. The van der Waals surface area contributed by atoms with Crippen molar-refractivity contribution in [2.24, 2.45) is 0 Å². The standard InChI is InChI=1S/C15H12ClF2N5O2/c16-13-5-6-14(21-20-13)25-8-12-11(7-24)19-22-23(12)10-3-1-9(2-4-10)15(17)18/h1-6,15,24H,7-8H2. The lowest BCUT2D eigenvalue weighted by molar-refractivity contribution is 0.151. The minimum atomic E-state index is -2.55. The Morgan fingerprint density at radius 2 is 1.84 bits per heavy atom. The Morgan fingerprint density at radius 1 is 1.08 bits per heavy atom. The van der Waals surface area contributed by atoms with Crippen molar-refractivity contribution in [1.29, 1.82) is 0 Å². The molecule has 0 bridgehead atoms. The summed E-state index contributed by atoms with van der Waals surface area (Å²) in [6.07, 6.45) is -2.55. The van der Waals surface area contributed by atoms with Gasteiger partial charge in [-0.2, -0.15) is 0 Å². The number of ether oxygens (including phenoxy) is 1. The van der Waals surface area contributed by atoms with Gasteiger partial charge in [-0.05, 0) is 18.2 Å². The van der Waals surface area contributed by atoms with Crippen LogP contribution in [0, 0.1) is 0 Å². The third-order valence-electron chi connectivity index (χ3n) is 3.35. The highest BCUT2D eigenvalue weighted by molar-refractivity contribution is 6.29. The third-order valence-corrected chi connectivity index (χ3v) is 3.55. The van der Waals surface area contributed by atoms with Crippen molar-refractivity contribution in [3.8, 4) is 11.6 Å². The van der Waals surface area contributed by atoms with Crippen LogP contribution in [0.3, 0.4) is 0 Å². The van der Waals surface area contributed by atoms with Crippen LogP contribution in [0.4, 0.5) is 8.78 Å². The molecule has 0 unspecified atom stereocenters. The lowest BCUT2D eigenvalue weighted by Crippen LogP contribution is -2.08. The van der Waals surface area contributed by atoms with Crippen LogP contribution in [0.25, 0.3) is 5.69 Å². The highest BCUT2D eigenvalue weighted by Crippen LogP contribution is 2.21. The highest BCUT2D eigenvalue weighted by Gasteiger charge is 2.16. The lowest BCUT2D eigenvalue weighted by atomic mass is 10.2. The minimum Gasteiger partial charge on any atom is -0.470 e. The normalized spacial score (nSPS) is 11.1. The smallest absolute Gasteiger partial charge is 0.263 e. The van der Waals surface area contributed by atoms with Gasteiger partial charge in [0, 0.05) is 11.6 Å². The number of hydrogen-bond donors (Lipinski definition) is 1. The van der Waals surface area contributed by atoms with Gasteiger partial charge >= 0.3 is 0 Å². The maximum atomic E-state index is 12.7. The van der Waals surface area contributed by atoms with Crippen LogP contribution in [0.2, 0.25) is 5.15 Å². The Hall–Kier alpha value is -2.65. The number of aliphatic hydroxyl groups is 1. The van der Waals surface area contributed by atoms with Gasteiger partial charge in [-0.15, -0.1) is 15.3 Å². The second-order valence-corrected chi connectivity index (χ2v) is 5.32. The lowest BCUT2D eigenvalue weighted by Gasteiger charge is -2.09. The number of rotatable bonds is 6. The molecule has 130 valence electrons. The molecule has 0 saturated carbocycles. The molecule has 3 rings (SSSR count). The Balaban J connectivity index is 1.85. The summed E-state index contributed by atoms with van der Waals surface area (Å²) in [5.74, 6) is 0.231. The average molecular weight is 368 g/mol. The van der Waals surface area contributed by atoms with E-state index in [0.717, 1.165) is 0 Å². The number of alkyl halides is 2. The molecular weight excluding hydrogens is 356 g/mol. The number of benzene rings is 1. The number of aromatic nitrogens is 5. The van der Waals surface area contributed by atoms with Crippen molar-refractivity contribution >= 4 is 11.6 Å². The molecule has 2 heterocycles. The van der Waals surface area contributed by atoms with E-state index in [1.807, 2.05) is 0 Å². The van der Waals surface area contributed by atoms with Crippen LogP contribution in [-0.4, -0.2) is 30.3 Å². The minimum absolute atomic E-state index is 0.00416. The molecule has 1 N–H and O–H groups in total. The predicted molar refractivity (Wildman–Crippen MR) is 83.6 cm³/mol.